The molecule has 0 saturated heterocycles. The fourth-order valence-electron chi connectivity index (χ4n) is 1.35. The average molecular weight is 327 g/mol. The maximum absolute atomic E-state index is 13.5. The summed E-state index contributed by atoms with van der Waals surface area (Å²) in [6.07, 6.45) is -4.48. The van der Waals surface area contributed by atoms with Crippen LogP contribution in [0.3, 0.4) is 0 Å². The molecule has 22 heavy (non-hydrogen) atoms. The summed E-state index contributed by atoms with van der Waals surface area (Å²) < 4.78 is 63.9. The number of carbonyl (C=O) groups excluding carboxylic acids is 1. The van der Waals surface area contributed by atoms with Crippen molar-refractivity contribution in [1.29, 1.82) is 0 Å². The summed E-state index contributed by atoms with van der Waals surface area (Å²) in [6.45, 7) is 0. The summed E-state index contributed by atoms with van der Waals surface area (Å²) in [7, 11) is 0. The van der Waals surface area contributed by atoms with Crippen LogP contribution in [0, 0.1) is 10.1 Å². The zero-order valence-corrected chi connectivity index (χ0v) is 9.90. The predicted octanol–water partition coefficient (Wildman–Crippen LogP) is 0.948. The predicted molar refractivity (Wildman–Crippen MR) is 52.8 cm³/mol. The maximum atomic E-state index is 13.5. The summed E-state index contributed by atoms with van der Waals surface area (Å²) in [6, 6.07) is -1.66. The second kappa shape index (κ2) is 4.78. The molecule has 0 atom stereocenters. The van der Waals surface area contributed by atoms with Crippen LogP contribution in [-0.4, -0.2) is 47.1 Å². The van der Waals surface area contributed by atoms with Crippen molar-refractivity contribution in [3.05, 3.63) is 28.2 Å². The molecule has 0 unspecified atom stereocenters. The van der Waals surface area contributed by atoms with E-state index in [-0.39, 0.29) is 4.68 Å². The first-order chi connectivity index (χ1) is 10.1. The molecule has 0 radical (unpaired) electrons. The van der Waals surface area contributed by atoms with Crippen LogP contribution in [0.5, 0.6) is 0 Å². The van der Waals surface area contributed by atoms with Gasteiger partial charge in [0.1, 0.15) is 5.10 Å². The lowest BCUT2D eigenvalue weighted by atomic mass is 10.2. The topological polar surface area (TPSA) is 122 Å². The van der Waals surface area contributed by atoms with E-state index in [1.807, 2.05) is 0 Å². The molecule has 2 heterocycles. The van der Waals surface area contributed by atoms with Gasteiger partial charge in [-0.15, -0.1) is 9.78 Å². The van der Waals surface area contributed by atoms with Crippen molar-refractivity contribution in [1.82, 2.24) is 30.0 Å². The van der Waals surface area contributed by atoms with Crippen molar-refractivity contribution in [2.24, 2.45) is 0 Å². The van der Waals surface area contributed by atoms with Crippen molar-refractivity contribution in [2.75, 3.05) is 0 Å². The van der Waals surface area contributed by atoms with E-state index in [2.05, 4.69) is 20.6 Å². The van der Waals surface area contributed by atoms with Gasteiger partial charge in [-0.3, -0.25) is 0 Å². The normalized spacial score (nSPS) is 12.4. The van der Waals surface area contributed by atoms with Gasteiger partial charge >= 0.3 is 23.9 Å². The van der Waals surface area contributed by atoms with Crippen molar-refractivity contribution < 1.29 is 31.7 Å². The van der Waals surface area contributed by atoms with Crippen LogP contribution in [0.2, 0.25) is 0 Å². The Morgan fingerprint density at radius 1 is 1.23 bits per heavy atom. The molecule has 118 valence electrons. The minimum Gasteiger partial charge on any atom is -0.358 e. The van der Waals surface area contributed by atoms with Crippen LogP contribution in [0.4, 0.5) is 32.6 Å². The zero-order chi connectivity index (χ0) is 16.7. The smallest absolute Gasteiger partial charge is 0.358 e. The Labute approximate surface area is 115 Å². The number of hydrogen-bond donors (Lipinski definition) is 0. The Balaban J connectivity index is 2.68. The summed E-state index contributed by atoms with van der Waals surface area (Å²) in [5.74, 6) is -7.65. The first kappa shape index (κ1) is 15.4. The highest BCUT2D eigenvalue weighted by Gasteiger charge is 2.65. The lowest BCUT2D eigenvalue weighted by molar-refractivity contribution is -0.394. The fraction of sp³-hybridized carbons (Fsp3) is 0.286. The van der Waals surface area contributed by atoms with Crippen LogP contribution in [0.1, 0.15) is 5.69 Å². The molecule has 0 aliphatic heterocycles. The number of nitrogens with zero attached hydrogens (tertiary/aromatic N) is 7. The fourth-order valence-corrected chi connectivity index (χ4v) is 1.35. The van der Waals surface area contributed by atoms with Crippen LogP contribution < -0.4 is 0 Å². The molecule has 0 amide bonds. The molecule has 0 N–H and O–H groups in total. The highest BCUT2D eigenvalue weighted by Crippen LogP contribution is 2.46. The molecule has 0 saturated carbocycles. The van der Waals surface area contributed by atoms with Crippen molar-refractivity contribution in [3.8, 4) is 0 Å². The monoisotopic (exact) mass is 327 g/mol. The van der Waals surface area contributed by atoms with Gasteiger partial charge in [0, 0.05) is 0 Å². The van der Waals surface area contributed by atoms with Gasteiger partial charge in [-0.05, 0) is 4.92 Å². The molecular formula is C7H2F5N7O3. The molecule has 2 rings (SSSR count). The average Bonchev–Trinajstić information content (AvgIpc) is 3.06. The van der Waals surface area contributed by atoms with Gasteiger partial charge in [0.25, 0.3) is 0 Å². The molecule has 0 aromatic carbocycles. The molecule has 0 bridgehead atoms. The van der Waals surface area contributed by atoms with Crippen molar-refractivity contribution >= 4 is 11.8 Å². The molecule has 15 heteroatoms. The van der Waals surface area contributed by atoms with E-state index in [1.54, 1.807) is 0 Å². The second-order valence-corrected chi connectivity index (χ2v) is 3.63. The number of hydrogen-bond acceptors (Lipinski definition) is 7. The van der Waals surface area contributed by atoms with Gasteiger partial charge in [0.2, 0.25) is 5.69 Å². The standard InChI is InChI=1S/C7H2F5N7O3/c8-6(9,7(10,11)12)3-4(19(21)22)14-16-18(3)5(20)17-2-1-13-15-17/h1-2H. The molecule has 0 aliphatic rings. The number of halogens is 5. The van der Waals surface area contributed by atoms with Crippen LogP contribution in [0.25, 0.3) is 0 Å². The number of carbonyl (C=O) groups is 1. The summed E-state index contributed by atoms with van der Waals surface area (Å²) in [5, 5.41) is 22.0. The quantitative estimate of drug-likeness (QED) is 0.457. The van der Waals surface area contributed by atoms with E-state index in [9.17, 15) is 36.9 Å². The molecule has 10 nitrogen and oxygen atoms in total. The second-order valence-electron chi connectivity index (χ2n) is 3.63. The SMILES string of the molecule is O=C(n1ccnn1)n1nnc([N+](=O)[O-])c1C(F)(F)C(F)(F)F. The Hall–Kier alpha value is -3.00. The number of rotatable bonds is 2. The van der Waals surface area contributed by atoms with E-state index in [0.29, 0.717) is 0 Å². The molecule has 0 fully saturated rings. The van der Waals surface area contributed by atoms with Gasteiger partial charge in [-0.2, -0.15) is 26.6 Å². The van der Waals surface area contributed by atoms with Gasteiger partial charge in [-0.1, -0.05) is 5.21 Å². The van der Waals surface area contributed by atoms with E-state index < -0.39 is 39.2 Å². The Morgan fingerprint density at radius 3 is 2.32 bits per heavy atom. The van der Waals surface area contributed by atoms with E-state index in [4.69, 9.17) is 0 Å². The van der Waals surface area contributed by atoms with E-state index >= 15 is 0 Å². The van der Waals surface area contributed by atoms with Crippen LogP contribution in [0.15, 0.2) is 12.4 Å². The molecular weight excluding hydrogens is 325 g/mol. The summed E-state index contributed by atoms with van der Waals surface area (Å²) in [4.78, 5) is 20.7. The zero-order valence-electron chi connectivity index (χ0n) is 9.90. The molecule has 2 aromatic rings. The Kier molecular flexibility index (Phi) is 3.34. The Morgan fingerprint density at radius 2 is 1.86 bits per heavy atom. The highest BCUT2D eigenvalue weighted by molar-refractivity contribution is 5.78. The lowest BCUT2D eigenvalue weighted by Crippen LogP contribution is -2.38. The third-order valence-corrected chi connectivity index (χ3v) is 2.28. The molecule has 0 aliphatic carbocycles. The van der Waals surface area contributed by atoms with Gasteiger partial charge in [-0.25, -0.2) is 4.79 Å². The summed E-state index contributed by atoms with van der Waals surface area (Å²) in [5.41, 5.74) is -2.33. The maximum Gasteiger partial charge on any atom is 0.460 e. The molecule has 2 aromatic heterocycles. The van der Waals surface area contributed by atoms with E-state index in [1.165, 1.54) is 0 Å². The van der Waals surface area contributed by atoms with Crippen molar-refractivity contribution in [2.45, 2.75) is 12.1 Å². The van der Waals surface area contributed by atoms with Crippen molar-refractivity contribution in [3.63, 3.8) is 0 Å². The van der Waals surface area contributed by atoms with Gasteiger partial charge < -0.3 is 10.1 Å². The summed E-state index contributed by atoms with van der Waals surface area (Å²) >= 11 is 0. The number of nitro groups is 1. The first-order valence-corrected chi connectivity index (χ1v) is 5.03. The Bertz CT molecular complexity index is 721. The van der Waals surface area contributed by atoms with Crippen LogP contribution in [-0.2, 0) is 5.92 Å². The molecule has 0 spiro atoms. The van der Waals surface area contributed by atoms with Gasteiger partial charge in [0.15, 0.2) is 0 Å². The van der Waals surface area contributed by atoms with E-state index in [0.717, 1.165) is 12.4 Å². The lowest BCUT2D eigenvalue weighted by Gasteiger charge is -2.18. The highest BCUT2D eigenvalue weighted by atomic mass is 19.4. The number of alkyl halides is 5. The number of aromatic nitrogens is 6. The third-order valence-electron chi connectivity index (χ3n) is 2.28. The third kappa shape index (κ3) is 2.25. The van der Waals surface area contributed by atoms with Crippen LogP contribution >= 0.6 is 0 Å². The minimum atomic E-state index is -6.21. The minimum absolute atomic E-state index is 0.244. The largest absolute Gasteiger partial charge is 0.460 e. The first-order valence-electron chi connectivity index (χ1n) is 5.03. The van der Waals surface area contributed by atoms with Gasteiger partial charge in [0.05, 0.1) is 17.6 Å².